The summed E-state index contributed by atoms with van der Waals surface area (Å²) >= 11 is 10.9. The lowest BCUT2D eigenvalue weighted by Gasteiger charge is -2.22. The van der Waals surface area contributed by atoms with Crippen LogP contribution in [0, 0.1) is 0 Å². The van der Waals surface area contributed by atoms with E-state index in [4.69, 9.17) is 34.3 Å². The molecule has 0 saturated heterocycles. The van der Waals surface area contributed by atoms with Gasteiger partial charge in [0.05, 0.1) is 5.02 Å². The van der Waals surface area contributed by atoms with Crippen molar-refractivity contribution < 1.29 is 4.74 Å². The smallest absolute Gasteiger partial charge is 0.138 e. The molecule has 1 aromatic rings. The van der Waals surface area contributed by atoms with Gasteiger partial charge in [-0.3, -0.25) is 0 Å². The molecule has 0 saturated carbocycles. The number of hydrogen-bond donors (Lipinski definition) is 1. The van der Waals surface area contributed by atoms with Crippen LogP contribution in [0.5, 0.6) is 5.75 Å². The predicted octanol–water partition coefficient (Wildman–Crippen LogP) is 3.15. The molecule has 0 spiro atoms. The molecule has 0 unspecified atom stereocenters. The zero-order valence-electron chi connectivity index (χ0n) is 9.00. The maximum absolute atomic E-state index is 6.04. The highest BCUT2D eigenvalue weighted by Gasteiger charge is 2.14. The molecule has 0 aliphatic heterocycles. The molecule has 0 amide bonds. The standard InChI is InChI=1S/C11H14ClNOS/c1-11(2,3)14-9-5-4-7(10(13)15)6-8(9)12/h4-6H,1-3H3,(H2,13,15). The van der Waals surface area contributed by atoms with Crippen molar-refractivity contribution in [1.82, 2.24) is 0 Å². The molecule has 0 bridgehead atoms. The Morgan fingerprint density at radius 2 is 2.00 bits per heavy atom. The van der Waals surface area contributed by atoms with Crippen LogP contribution in [0.4, 0.5) is 0 Å². The van der Waals surface area contributed by atoms with Crippen molar-refractivity contribution >= 4 is 28.8 Å². The van der Waals surface area contributed by atoms with E-state index in [2.05, 4.69) is 0 Å². The van der Waals surface area contributed by atoms with Crippen molar-refractivity contribution in [2.45, 2.75) is 26.4 Å². The number of nitrogens with two attached hydrogens (primary N) is 1. The first-order chi connectivity index (χ1) is 6.79. The third kappa shape index (κ3) is 3.68. The summed E-state index contributed by atoms with van der Waals surface area (Å²) < 4.78 is 5.65. The van der Waals surface area contributed by atoms with E-state index in [9.17, 15) is 0 Å². The van der Waals surface area contributed by atoms with Crippen molar-refractivity contribution in [3.8, 4) is 5.75 Å². The highest BCUT2D eigenvalue weighted by atomic mass is 35.5. The molecular weight excluding hydrogens is 230 g/mol. The average molecular weight is 244 g/mol. The first-order valence-electron chi connectivity index (χ1n) is 4.58. The van der Waals surface area contributed by atoms with Crippen molar-refractivity contribution in [2.24, 2.45) is 5.73 Å². The average Bonchev–Trinajstić information content (AvgIpc) is 2.05. The molecule has 82 valence electrons. The molecule has 0 aliphatic carbocycles. The molecule has 0 atom stereocenters. The van der Waals surface area contributed by atoms with Crippen LogP contribution in [0.15, 0.2) is 18.2 Å². The molecule has 15 heavy (non-hydrogen) atoms. The summed E-state index contributed by atoms with van der Waals surface area (Å²) in [7, 11) is 0. The van der Waals surface area contributed by atoms with E-state index in [0.717, 1.165) is 5.56 Å². The van der Waals surface area contributed by atoms with Gasteiger partial charge in [-0.1, -0.05) is 23.8 Å². The van der Waals surface area contributed by atoms with E-state index in [1.165, 1.54) is 0 Å². The Balaban J connectivity index is 2.99. The minimum absolute atomic E-state index is 0.269. The Bertz CT molecular complexity index is 385. The van der Waals surface area contributed by atoms with Crippen LogP contribution < -0.4 is 10.5 Å². The zero-order chi connectivity index (χ0) is 11.6. The molecule has 0 aromatic heterocycles. The molecule has 2 nitrogen and oxygen atoms in total. The first kappa shape index (κ1) is 12.3. The number of ether oxygens (including phenoxy) is 1. The fraction of sp³-hybridized carbons (Fsp3) is 0.364. The summed E-state index contributed by atoms with van der Waals surface area (Å²) in [5.74, 6) is 0.643. The van der Waals surface area contributed by atoms with Gasteiger partial charge >= 0.3 is 0 Å². The van der Waals surface area contributed by atoms with Crippen molar-refractivity contribution in [3.63, 3.8) is 0 Å². The zero-order valence-corrected chi connectivity index (χ0v) is 10.6. The molecule has 0 aliphatic rings. The minimum Gasteiger partial charge on any atom is -0.487 e. The quantitative estimate of drug-likeness (QED) is 0.811. The van der Waals surface area contributed by atoms with Crippen LogP contribution >= 0.6 is 23.8 Å². The van der Waals surface area contributed by atoms with Crippen LogP contribution in [0.2, 0.25) is 5.02 Å². The van der Waals surface area contributed by atoms with E-state index < -0.39 is 0 Å². The highest BCUT2D eigenvalue weighted by molar-refractivity contribution is 7.80. The van der Waals surface area contributed by atoms with Gasteiger partial charge in [-0.15, -0.1) is 0 Å². The first-order valence-corrected chi connectivity index (χ1v) is 5.36. The molecule has 0 fully saturated rings. The van der Waals surface area contributed by atoms with E-state index in [1.54, 1.807) is 18.2 Å². The van der Waals surface area contributed by atoms with Crippen LogP contribution in [-0.2, 0) is 0 Å². The Morgan fingerprint density at radius 3 is 2.40 bits per heavy atom. The summed E-state index contributed by atoms with van der Waals surface area (Å²) in [5, 5.41) is 0.523. The topological polar surface area (TPSA) is 35.2 Å². The van der Waals surface area contributed by atoms with Gasteiger partial charge in [-0.2, -0.15) is 0 Å². The maximum Gasteiger partial charge on any atom is 0.138 e. The summed E-state index contributed by atoms with van der Waals surface area (Å²) in [6.07, 6.45) is 0. The van der Waals surface area contributed by atoms with Crippen molar-refractivity contribution in [2.75, 3.05) is 0 Å². The van der Waals surface area contributed by atoms with E-state index in [1.807, 2.05) is 20.8 Å². The number of halogens is 1. The molecule has 4 heteroatoms. The molecule has 2 N–H and O–H groups in total. The van der Waals surface area contributed by atoms with E-state index in [0.29, 0.717) is 15.8 Å². The molecular formula is C11H14ClNOS. The molecule has 1 aromatic carbocycles. The summed E-state index contributed by atoms with van der Waals surface area (Å²) in [5.41, 5.74) is 5.97. The molecule has 0 heterocycles. The normalized spacial score (nSPS) is 11.2. The lowest BCUT2D eigenvalue weighted by Crippen LogP contribution is -2.23. The lowest BCUT2D eigenvalue weighted by atomic mass is 10.1. The van der Waals surface area contributed by atoms with Gasteiger partial charge in [0.1, 0.15) is 16.3 Å². The second-order valence-electron chi connectivity index (χ2n) is 4.22. The number of rotatable bonds is 2. The predicted molar refractivity (Wildman–Crippen MR) is 67.7 cm³/mol. The van der Waals surface area contributed by atoms with Crippen LogP contribution in [0.1, 0.15) is 26.3 Å². The van der Waals surface area contributed by atoms with Gasteiger partial charge in [0.2, 0.25) is 0 Å². The summed E-state index contributed by atoms with van der Waals surface area (Å²) in [6.45, 7) is 5.89. The van der Waals surface area contributed by atoms with E-state index >= 15 is 0 Å². The van der Waals surface area contributed by atoms with Crippen molar-refractivity contribution in [3.05, 3.63) is 28.8 Å². The lowest BCUT2D eigenvalue weighted by molar-refractivity contribution is 0.131. The second-order valence-corrected chi connectivity index (χ2v) is 5.07. The second kappa shape index (κ2) is 4.37. The molecule has 0 radical (unpaired) electrons. The maximum atomic E-state index is 6.04. The summed E-state index contributed by atoms with van der Waals surface area (Å²) in [6, 6.07) is 5.29. The van der Waals surface area contributed by atoms with Gasteiger partial charge in [0.25, 0.3) is 0 Å². The number of thiocarbonyl (C=S) groups is 1. The largest absolute Gasteiger partial charge is 0.487 e. The minimum atomic E-state index is -0.269. The number of benzene rings is 1. The Hall–Kier alpha value is -0.800. The Morgan fingerprint density at radius 1 is 1.40 bits per heavy atom. The Labute approximate surface area is 100 Å². The fourth-order valence-electron chi connectivity index (χ4n) is 1.07. The van der Waals surface area contributed by atoms with Crippen LogP contribution in [0.25, 0.3) is 0 Å². The van der Waals surface area contributed by atoms with Crippen LogP contribution in [-0.4, -0.2) is 10.6 Å². The third-order valence-electron chi connectivity index (χ3n) is 1.63. The van der Waals surface area contributed by atoms with Crippen molar-refractivity contribution in [1.29, 1.82) is 0 Å². The highest BCUT2D eigenvalue weighted by Crippen LogP contribution is 2.28. The molecule has 1 rings (SSSR count). The van der Waals surface area contributed by atoms with Gasteiger partial charge in [0.15, 0.2) is 0 Å². The monoisotopic (exact) mass is 243 g/mol. The third-order valence-corrected chi connectivity index (χ3v) is 2.16. The number of hydrogen-bond acceptors (Lipinski definition) is 2. The van der Waals surface area contributed by atoms with Crippen LogP contribution in [0.3, 0.4) is 0 Å². The van der Waals surface area contributed by atoms with Gasteiger partial charge in [-0.05, 0) is 39.0 Å². The van der Waals surface area contributed by atoms with E-state index in [-0.39, 0.29) is 5.60 Å². The van der Waals surface area contributed by atoms with Gasteiger partial charge in [0, 0.05) is 5.56 Å². The Kier molecular flexibility index (Phi) is 3.58. The van der Waals surface area contributed by atoms with Gasteiger partial charge in [-0.25, -0.2) is 0 Å². The van der Waals surface area contributed by atoms with Gasteiger partial charge < -0.3 is 10.5 Å². The SMILES string of the molecule is CC(C)(C)Oc1ccc(C(N)=S)cc1Cl. The summed E-state index contributed by atoms with van der Waals surface area (Å²) in [4.78, 5) is 0.333. The fourth-order valence-corrected chi connectivity index (χ4v) is 1.41.